The van der Waals surface area contributed by atoms with Crippen molar-refractivity contribution in [3.63, 3.8) is 0 Å². The molecule has 1 saturated heterocycles. The normalized spacial score (nSPS) is 14.9. The van der Waals surface area contributed by atoms with E-state index < -0.39 is 0 Å². The summed E-state index contributed by atoms with van der Waals surface area (Å²) in [5.41, 5.74) is 2.00. The molecule has 0 saturated carbocycles. The van der Waals surface area contributed by atoms with Gasteiger partial charge in [-0.15, -0.1) is 0 Å². The second-order valence-corrected chi connectivity index (χ2v) is 7.99. The van der Waals surface area contributed by atoms with Crippen molar-refractivity contribution >= 4 is 49.6 Å². The number of nitrogens with zero attached hydrogens (tertiary/aromatic N) is 4. The Balaban J connectivity index is 1.25. The quantitative estimate of drug-likeness (QED) is 0.484. The van der Waals surface area contributed by atoms with Crippen LogP contribution in [0.3, 0.4) is 0 Å². The van der Waals surface area contributed by atoms with E-state index in [1.165, 1.54) is 5.39 Å². The zero-order chi connectivity index (χ0) is 19.6. The number of benzene rings is 2. The highest BCUT2D eigenvalue weighted by atomic mass is 32.1. The van der Waals surface area contributed by atoms with Gasteiger partial charge in [0.1, 0.15) is 10.3 Å². The highest BCUT2D eigenvalue weighted by Gasteiger charge is 2.22. The predicted molar refractivity (Wildman–Crippen MR) is 119 cm³/mol. The van der Waals surface area contributed by atoms with Crippen LogP contribution < -0.4 is 4.90 Å². The Morgan fingerprint density at radius 1 is 0.966 bits per heavy atom. The minimum atomic E-state index is 0.0588. The third kappa shape index (κ3) is 3.59. The maximum atomic E-state index is 12.7. The van der Waals surface area contributed by atoms with Crippen molar-refractivity contribution in [2.75, 3.05) is 31.1 Å². The smallest absolute Gasteiger partial charge is 0.246 e. The van der Waals surface area contributed by atoms with Crippen LogP contribution in [0, 0.1) is 0 Å². The number of carbonyl (C=O) groups excluding carboxylic acids is 1. The van der Waals surface area contributed by atoms with Crippen LogP contribution in [0.1, 0.15) is 5.56 Å². The van der Waals surface area contributed by atoms with Crippen LogP contribution in [0.5, 0.6) is 0 Å². The molecule has 2 aromatic heterocycles. The first-order valence-electron chi connectivity index (χ1n) is 9.69. The Bertz CT molecular complexity index is 1170. The Morgan fingerprint density at radius 2 is 1.79 bits per heavy atom. The highest BCUT2D eigenvalue weighted by molar-refractivity contribution is 7.21. The molecule has 0 radical (unpaired) electrons. The average Bonchev–Trinajstić information content (AvgIpc) is 3.22. The van der Waals surface area contributed by atoms with Crippen molar-refractivity contribution in [1.82, 2.24) is 14.9 Å². The number of hydrogen-bond acceptors (Lipinski definition) is 5. The maximum absolute atomic E-state index is 12.7. The molecule has 0 atom stereocenters. The van der Waals surface area contributed by atoms with E-state index >= 15 is 0 Å². The van der Waals surface area contributed by atoms with Crippen molar-refractivity contribution in [2.45, 2.75) is 0 Å². The minimum absolute atomic E-state index is 0.0588. The molecular formula is C23H20N4OS. The van der Waals surface area contributed by atoms with E-state index in [9.17, 15) is 4.79 Å². The van der Waals surface area contributed by atoms with Crippen molar-refractivity contribution in [1.29, 1.82) is 0 Å². The Hall–Kier alpha value is -3.25. The lowest BCUT2D eigenvalue weighted by molar-refractivity contribution is -0.126. The van der Waals surface area contributed by atoms with Gasteiger partial charge in [0, 0.05) is 38.5 Å². The molecule has 1 aliphatic rings. The number of piperazine rings is 1. The molecule has 2 aromatic carbocycles. The van der Waals surface area contributed by atoms with Gasteiger partial charge in [-0.1, -0.05) is 53.8 Å². The Kier molecular flexibility index (Phi) is 4.69. The van der Waals surface area contributed by atoms with Crippen molar-refractivity contribution in [3.05, 3.63) is 72.4 Å². The zero-order valence-corrected chi connectivity index (χ0v) is 16.7. The number of carbonyl (C=O) groups is 1. The number of thiazole rings is 1. The monoisotopic (exact) mass is 400 g/mol. The summed E-state index contributed by atoms with van der Waals surface area (Å²) in [6, 6.07) is 18.3. The third-order valence-electron chi connectivity index (χ3n) is 5.25. The minimum Gasteiger partial charge on any atom is -0.344 e. The number of fused-ring (bicyclic) bond motifs is 2. The van der Waals surface area contributed by atoms with Gasteiger partial charge >= 0.3 is 0 Å². The molecule has 144 valence electrons. The van der Waals surface area contributed by atoms with Gasteiger partial charge in [-0.05, 0) is 34.5 Å². The molecule has 6 heteroatoms. The molecule has 0 aliphatic carbocycles. The first-order chi connectivity index (χ1) is 14.3. The molecule has 4 aromatic rings. The van der Waals surface area contributed by atoms with Gasteiger partial charge < -0.3 is 9.80 Å². The van der Waals surface area contributed by atoms with Gasteiger partial charge in [0.15, 0.2) is 5.13 Å². The standard InChI is InChI=1S/C23H20N4OS/c28-21(11-10-18-7-3-6-17-5-1-2-8-19(17)18)26-13-15-27(16-14-26)23-25-20-9-4-12-24-22(20)29-23/h1-12H,13-16H2/b11-10+. The maximum Gasteiger partial charge on any atom is 0.246 e. The topological polar surface area (TPSA) is 49.3 Å². The summed E-state index contributed by atoms with van der Waals surface area (Å²) in [4.78, 5) is 26.8. The molecule has 29 heavy (non-hydrogen) atoms. The molecule has 1 fully saturated rings. The number of pyridine rings is 1. The molecule has 5 nitrogen and oxygen atoms in total. The summed E-state index contributed by atoms with van der Waals surface area (Å²) >= 11 is 1.61. The second-order valence-electron chi connectivity index (χ2n) is 7.04. The molecule has 1 amide bonds. The first-order valence-corrected chi connectivity index (χ1v) is 10.5. The summed E-state index contributed by atoms with van der Waals surface area (Å²) in [6.07, 6.45) is 5.42. The number of hydrogen-bond donors (Lipinski definition) is 0. The SMILES string of the molecule is O=C(/C=C/c1cccc2ccccc12)N1CCN(c2nc3cccnc3s2)CC1. The first kappa shape index (κ1) is 17.8. The number of aromatic nitrogens is 2. The van der Waals surface area contributed by atoms with E-state index in [2.05, 4.69) is 33.1 Å². The number of rotatable bonds is 3. The fourth-order valence-electron chi connectivity index (χ4n) is 3.67. The Labute approximate surface area is 172 Å². The molecule has 0 N–H and O–H groups in total. The highest BCUT2D eigenvalue weighted by Crippen LogP contribution is 2.27. The van der Waals surface area contributed by atoms with E-state index in [1.807, 2.05) is 47.4 Å². The lowest BCUT2D eigenvalue weighted by atomic mass is 10.0. The molecule has 5 rings (SSSR count). The molecule has 0 spiro atoms. The van der Waals surface area contributed by atoms with Gasteiger partial charge in [-0.2, -0.15) is 0 Å². The fraction of sp³-hybridized carbons (Fsp3) is 0.174. The van der Waals surface area contributed by atoms with E-state index in [0.717, 1.165) is 39.5 Å². The van der Waals surface area contributed by atoms with Gasteiger partial charge in [0.2, 0.25) is 5.91 Å². The van der Waals surface area contributed by atoms with Gasteiger partial charge in [0.05, 0.1) is 0 Å². The van der Waals surface area contributed by atoms with Crippen molar-refractivity contribution < 1.29 is 4.79 Å². The summed E-state index contributed by atoms with van der Waals surface area (Å²) < 4.78 is 0. The summed E-state index contributed by atoms with van der Waals surface area (Å²) in [7, 11) is 0. The lowest BCUT2D eigenvalue weighted by Gasteiger charge is -2.34. The molecule has 0 unspecified atom stereocenters. The van der Waals surface area contributed by atoms with Crippen molar-refractivity contribution in [2.24, 2.45) is 0 Å². The van der Waals surface area contributed by atoms with Crippen LogP contribution in [0.25, 0.3) is 27.2 Å². The third-order valence-corrected chi connectivity index (χ3v) is 6.29. The van der Waals surface area contributed by atoms with Crippen LogP contribution in [0.2, 0.25) is 0 Å². The molecule has 0 bridgehead atoms. The zero-order valence-electron chi connectivity index (χ0n) is 15.9. The van der Waals surface area contributed by atoms with E-state index in [1.54, 1.807) is 23.6 Å². The van der Waals surface area contributed by atoms with E-state index in [0.29, 0.717) is 13.1 Å². The van der Waals surface area contributed by atoms with Crippen LogP contribution in [0.4, 0.5) is 5.13 Å². The van der Waals surface area contributed by atoms with Crippen LogP contribution in [0.15, 0.2) is 66.9 Å². The van der Waals surface area contributed by atoms with E-state index in [-0.39, 0.29) is 5.91 Å². The number of amides is 1. The lowest BCUT2D eigenvalue weighted by Crippen LogP contribution is -2.48. The molecule has 1 aliphatic heterocycles. The average molecular weight is 401 g/mol. The Morgan fingerprint density at radius 3 is 2.66 bits per heavy atom. The fourth-order valence-corrected chi connectivity index (χ4v) is 4.63. The van der Waals surface area contributed by atoms with Gasteiger partial charge in [-0.3, -0.25) is 4.79 Å². The largest absolute Gasteiger partial charge is 0.344 e. The molecular weight excluding hydrogens is 380 g/mol. The van der Waals surface area contributed by atoms with Crippen LogP contribution >= 0.6 is 11.3 Å². The van der Waals surface area contributed by atoms with Crippen LogP contribution in [-0.2, 0) is 4.79 Å². The number of anilines is 1. The van der Waals surface area contributed by atoms with E-state index in [4.69, 9.17) is 0 Å². The molecule has 3 heterocycles. The summed E-state index contributed by atoms with van der Waals surface area (Å²) in [5, 5.41) is 3.33. The van der Waals surface area contributed by atoms with Gasteiger partial charge in [-0.25, -0.2) is 9.97 Å². The summed E-state index contributed by atoms with van der Waals surface area (Å²) in [5.74, 6) is 0.0588. The summed E-state index contributed by atoms with van der Waals surface area (Å²) in [6.45, 7) is 2.96. The van der Waals surface area contributed by atoms with Crippen molar-refractivity contribution in [3.8, 4) is 0 Å². The van der Waals surface area contributed by atoms with Crippen LogP contribution in [-0.4, -0.2) is 47.0 Å². The van der Waals surface area contributed by atoms with Gasteiger partial charge in [0.25, 0.3) is 0 Å². The predicted octanol–water partition coefficient (Wildman–Crippen LogP) is 4.21. The second kappa shape index (κ2) is 7.64.